The van der Waals surface area contributed by atoms with Crippen LogP contribution in [0.25, 0.3) is 0 Å². The van der Waals surface area contributed by atoms with E-state index in [1.807, 2.05) is 30.3 Å². The average Bonchev–Trinajstić information content (AvgIpc) is 3.22. The molecule has 1 amide bonds. The molecule has 1 aromatic carbocycles. The number of halogens is 1. The Kier molecular flexibility index (Phi) is 8.16. The maximum atomic E-state index is 12.8. The molecule has 31 heavy (non-hydrogen) atoms. The van der Waals surface area contributed by atoms with Crippen molar-refractivity contribution in [3.8, 4) is 0 Å². The first-order valence-electron chi connectivity index (χ1n) is 9.61. The number of aromatic nitrogens is 4. The first kappa shape index (κ1) is 22.5. The zero-order chi connectivity index (χ0) is 22.1. The summed E-state index contributed by atoms with van der Waals surface area (Å²) in [7, 11) is 1.57. The predicted octanol–water partition coefficient (Wildman–Crippen LogP) is 1.98. The Morgan fingerprint density at radius 2 is 2.10 bits per heavy atom. The zero-order valence-corrected chi connectivity index (χ0v) is 17.7. The van der Waals surface area contributed by atoms with Crippen LogP contribution in [0, 0.1) is 0 Å². The lowest BCUT2D eigenvalue weighted by atomic mass is 10.1. The summed E-state index contributed by atoms with van der Waals surface area (Å²) in [6, 6.07) is 8.55. The topological polar surface area (TPSA) is 126 Å². The highest BCUT2D eigenvalue weighted by atomic mass is 35.5. The minimum atomic E-state index is -0.717. The fraction of sp³-hybridized carbons (Fsp3) is 0.300. The summed E-state index contributed by atoms with van der Waals surface area (Å²) >= 11 is 6.30. The van der Waals surface area contributed by atoms with Gasteiger partial charge in [0.2, 0.25) is 11.9 Å². The summed E-state index contributed by atoms with van der Waals surface area (Å²) in [5.41, 5.74) is 1.41. The summed E-state index contributed by atoms with van der Waals surface area (Å²) in [6.07, 6.45) is 4.76. The van der Waals surface area contributed by atoms with Crippen LogP contribution in [-0.2, 0) is 16.1 Å². The molecule has 164 valence electrons. The van der Waals surface area contributed by atoms with Gasteiger partial charge >= 0.3 is 0 Å². The number of hydrogen-bond acceptors (Lipinski definition) is 8. The summed E-state index contributed by atoms with van der Waals surface area (Å²) in [6.45, 7) is 1.15. The highest BCUT2D eigenvalue weighted by molar-refractivity contribution is 6.32. The van der Waals surface area contributed by atoms with Crippen molar-refractivity contribution in [3.05, 3.63) is 59.5 Å². The maximum absolute atomic E-state index is 12.8. The molecular weight excluding hydrogens is 422 g/mol. The van der Waals surface area contributed by atoms with Crippen LogP contribution in [0.1, 0.15) is 11.6 Å². The molecule has 0 saturated carbocycles. The van der Waals surface area contributed by atoms with E-state index in [1.165, 1.54) is 6.20 Å². The van der Waals surface area contributed by atoms with Crippen molar-refractivity contribution in [3.63, 3.8) is 0 Å². The van der Waals surface area contributed by atoms with E-state index >= 15 is 0 Å². The number of aliphatic hydroxyl groups is 1. The summed E-state index contributed by atoms with van der Waals surface area (Å²) < 4.78 is 6.59. The summed E-state index contributed by atoms with van der Waals surface area (Å²) in [5.74, 6) is 0.345. The third-order valence-corrected chi connectivity index (χ3v) is 4.52. The Labute approximate surface area is 184 Å². The fourth-order valence-corrected chi connectivity index (χ4v) is 2.92. The maximum Gasteiger partial charge on any atom is 0.247 e. The summed E-state index contributed by atoms with van der Waals surface area (Å²) in [5, 5.41) is 22.4. The van der Waals surface area contributed by atoms with E-state index < -0.39 is 6.04 Å². The second kappa shape index (κ2) is 11.3. The van der Waals surface area contributed by atoms with Crippen molar-refractivity contribution in [2.75, 3.05) is 37.5 Å². The van der Waals surface area contributed by atoms with Gasteiger partial charge in [-0.05, 0) is 5.56 Å². The molecule has 0 unspecified atom stereocenters. The number of rotatable bonds is 11. The molecule has 0 saturated heterocycles. The van der Waals surface area contributed by atoms with Crippen molar-refractivity contribution >= 4 is 35.0 Å². The number of methoxy groups -OCH3 is 1. The summed E-state index contributed by atoms with van der Waals surface area (Å²) in [4.78, 5) is 21.4. The molecule has 2 aromatic heterocycles. The molecule has 0 radical (unpaired) electrons. The van der Waals surface area contributed by atoms with E-state index in [1.54, 1.807) is 24.2 Å². The number of benzene rings is 1. The van der Waals surface area contributed by atoms with Crippen LogP contribution in [0.15, 0.2) is 48.9 Å². The van der Waals surface area contributed by atoms with E-state index in [0.29, 0.717) is 31.2 Å². The number of carbonyl (C=O) groups excluding carboxylic acids is 1. The lowest BCUT2D eigenvalue weighted by molar-refractivity contribution is -0.122. The van der Waals surface area contributed by atoms with Crippen LogP contribution < -0.4 is 16.0 Å². The van der Waals surface area contributed by atoms with Crippen molar-refractivity contribution in [1.82, 2.24) is 25.1 Å². The van der Waals surface area contributed by atoms with Crippen LogP contribution in [0.4, 0.5) is 17.5 Å². The van der Waals surface area contributed by atoms with Gasteiger partial charge in [0, 0.05) is 19.9 Å². The highest BCUT2D eigenvalue weighted by Gasteiger charge is 2.22. The Bertz CT molecular complexity index is 984. The lowest BCUT2D eigenvalue weighted by Gasteiger charge is -2.20. The molecule has 3 aromatic rings. The molecular formula is C20H24ClN7O3. The van der Waals surface area contributed by atoms with E-state index in [0.717, 1.165) is 5.56 Å². The van der Waals surface area contributed by atoms with Crippen molar-refractivity contribution in [2.24, 2.45) is 0 Å². The molecule has 0 fully saturated rings. The molecule has 0 spiro atoms. The average molecular weight is 446 g/mol. The van der Waals surface area contributed by atoms with Crippen molar-refractivity contribution in [1.29, 1.82) is 0 Å². The number of carbonyl (C=O) groups is 1. The van der Waals surface area contributed by atoms with Crippen LogP contribution in [0.5, 0.6) is 0 Å². The molecule has 0 aliphatic heterocycles. The van der Waals surface area contributed by atoms with E-state index in [-0.39, 0.29) is 23.5 Å². The van der Waals surface area contributed by atoms with Gasteiger partial charge in [-0.1, -0.05) is 41.9 Å². The molecule has 1 atom stereocenters. The second-order valence-electron chi connectivity index (χ2n) is 6.50. The first-order chi connectivity index (χ1) is 15.1. The molecule has 0 bridgehead atoms. The van der Waals surface area contributed by atoms with Gasteiger partial charge in [-0.25, -0.2) is 4.98 Å². The quantitative estimate of drug-likeness (QED) is 0.330. The number of aliphatic hydroxyl groups excluding tert-OH is 1. The van der Waals surface area contributed by atoms with Gasteiger partial charge < -0.3 is 25.8 Å². The molecule has 10 nitrogen and oxygen atoms in total. The Balaban J connectivity index is 1.79. The minimum Gasteiger partial charge on any atom is -0.394 e. The monoisotopic (exact) mass is 445 g/mol. The Hall–Kier alpha value is -3.21. The second-order valence-corrected chi connectivity index (χ2v) is 6.91. The molecule has 2 heterocycles. The van der Waals surface area contributed by atoms with Gasteiger partial charge in [0.15, 0.2) is 5.82 Å². The Morgan fingerprint density at radius 3 is 2.84 bits per heavy atom. The van der Waals surface area contributed by atoms with Gasteiger partial charge in [-0.2, -0.15) is 10.1 Å². The molecule has 4 N–H and O–H groups in total. The van der Waals surface area contributed by atoms with Gasteiger partial charge in [-0.3, -0.25) is 9.48 Å². The third kappa shape index (κ3) is 6.38. The van der Waals surface area contributed by atoms with E-state index in [2.05, 4.69) is 31.0 Å². The molecule has 3 rings (SSSR count). The molecule has 0 aliphatic carbocycles. The van der Waals surface area contributed by atoms with Gasteiger partial charge in [0.05, 0.1) is 37.8 Å². The Morgan fingerprint density at radius 1 is 1.29 bits per heavy atom. The van der Waals surface area contributed by atoms with Gasteiger partial charge in [0.25, 0.3) is 0 Å². The third-order valence-electron chi connectivity index (χ3n) is 4.24. The standard InChI is InChI=1S/C20H24ClN7O3/c1-31-10-7-22-19(30)17(14-5-3-2-4-6-14)26-18-16(21)12-23-20(27-18)25-15-11-24-28(13-15)8-9-29/h2-6,11-13,17,29H,7-10H2,1H3,(H,22,30)(H2,23,25,26,27)/t17-/m0/s1. The highest BCUT2D eigenvalue weighted by Crippen LogP contribution is 2.26. The van der Waals surface area contributed by atoms with Crippen LogP contribution >= 0.6 is 11.6 Å². The van der Waals surface area contributed by atoms with Crippen molar-refractivity contribution < 1.29 is 14.6 Å². The van der Waals surface area contributed by atoms with Crippen LogP contribution in [0.2, 0.25) is 5.02 Å². The van der Waals surface area contributed by atoms with Crippen molar-refractivity contribution in [2.45, 2.75) is 12.6 Å². The first-order valence-corrected chi connectivity index (χ1v) is 9.99. The number of anilines is 3. The number of nitrogens with one attached hydrogen (secondary N) is 3. The fourth-order valence-electron chi connectivity index (χ4n) is 2.77. The number of ether oxygens (including phenoxy) is 1. The van der Waals surface area contributed by atoms with Gasteiger partial charge in [-0.15, -0.1) is 0 Å². The minimum absolute atomic E-state index is 0.0139. The van der Waals surface area contributed by atoms with E-state index in [4.69, 9.17) is 21.4 Å². The predicted molar refractivity (Wildman–Crippen MR) is 117 cm³/mol. The van der Waals surface area contributed by atoms with E-state index in [9.17, 15) is 4.79 Å². The smallest absolute Gasteiger partial charge is 0.247 e. The van der Waals surface area contributed by atoms with Crippen LogP contribution in [0.3, 0.4) is 0 Å². The van der Waals surface area contributed by atoms with Gasteiger partial charge in [0.1, 0.15) is 11.1 Å². The van der Waals surface area contributed by atoms with Crippen LogP contribution in [-0.4, -0.2) is 57.6 Å². The normalized spacial score (nSPS) is 11.7. The molecule has 11 heteroatoms. The largest absolute Gasteiger partial charge is 0.394 e. The molecule has 0 aliphatic rings. The SMILES string of the molecule is COCCNC(=O)[C@@H](Nc1nc(Nc2cnn(CCO)c2)ncc1Cl)c1ccccc1. The zero-order valence-electron chi connectivity index (χ0n) is 17.0. The lowest BCUT2D eigenvalue weighted by Crippen LogP contribution is -2.35. The number of amides is 1. The number of hydrogen-bond donors (Lipinski definition) is 4. The number of nitrogens with zero attached hydrogens (tertiary/aromatic N) is 4.